The zero-order valence-electron chi connectivity index (χ0n) is 14.5. The van der Waals surface area contributed by atoms with Crippen molar-refractivity contribution in [3.63, 3.8) is 0 Å². The highest BCUT2D eigenvalue weighted by atomic mass is 32.2. The van der Waals surface area contributed by atoms with Gasteiger partial charge >= 0.3 is 13.1 Å². The second-order valence-corrected chi connectivity index (χ2v) is 7.55. The highest BCUT2D eigenvalue weighted by Crippen LogP contribution is 2.29. The van der Waals surface area contributed by atoms with Gasteiger partial charge in [-0.2, -0.15) is 0 Å². The first kappa shape index (κ1) is 20.4. The Labute approximate surface area is 152 Å². The van der Waals surface area contributed by atoms with Crippen molar-refractivity contribution in [2.45, 2.75) is 26.0 Å². The number of sulfonamides is 1. The summed E-state index contributed by atoms with van der Waals surface area (Å²) >= 11 is 0. The minimum Gasteiger partial charge on any atom is -0.531 e. The minimum absolute atomic E-state index is 0.0112. The number of ether oxygens (including phenoxy) is 1. The van der Waals surface area contributed by atoms with Crippen LogP contribution >= 0.6 is 0 Å². The third-order valence-corrected chi connectivity index (χ3v) is 4.29. The van der Waals surface area contributed by atoms with Crippen molar-refractivity contribution in [1.29, 1.82) is 0 Å². The summed E-state index contributed by atoms with van der Waals surface area (Å²) in [5, 5.41) is 20.0. The highest BCUT2D eigenvalue weighted by molar-refractivity contribution is 7.88. The molecular formula is C15H21BN2O7S. The van der Waals surface area contributed by atoms with Gasteiger partial charge in [0.05, 0.1) is 18.5 Å². The number of para-hydroxylation sites is 1. The first-order valence-corrected chi connectivity index (χ1v) is 9.93. The van der Waals surface area contributed by atoms with Crippen molar-refractivity contribution in [1.82, 2.24) is 4.72 Å². The van der Waals surface area contributed by atoms with E-state index in [0.717, 1.165) is 6.26 Å². The normalized spacial score (nSPS) is 16.8. The summed E-state index contributed by atoms with van der Waals surface area (Å²) in [7, 11) is -4.77. The predicted molar refractivity (Wildman–Crippen MR) is 95.6 cm³/mol. The second kappa shape index (κ2) is 8.63. The molecule has 0 radical (unpaired) electrons. The number of nitrogens with one attached hydrogen (secondary N) is 1. The lowest BCUT2D eigenvalue weighted by Crippen LogP contribution is -2.40. The Balaban J connectivity index is 2.12. The molecule has 1 aliphatic heterocycles. The number of carbonyl (C=O) groups is 1. The number of fused-ring (bicyclic) bond motifs is 1. The SMILES string of the molecule is CCOC(=O)c1cccc2c1OB(O)C(=NC(O)CCNS(C)(=O)=O)C2. The number of esters is 1. The van der Waals surface area contributed by atoms with Crippen LogP contribution in [0.4, 0.5) is 0 Å². The molecule has 0 saturated heterocycles. The molecule has 9 nitrogen and oxygen atoms in total. The molecule has 0 bridgehead atoms. The van der Waals surface area contributed by atoms with Crippen LogP contribution in [0, 0.1) is 0 Å². The van der Waals surface area contributed by atoms with Gasteiger partial charge in [0.15, 0.2) is 0 Å². The van der Waals surface area contributed by atoms with E-state index < -0.39 is 29.3 Å². The number of aliphatic hydroxyl groups is 1. The Kier molecular flexibility index (Phi) is 6.76. The molecule has 0 spiro atoms. The molecule has 26 heavy (non-hydrogen) atoms. The fourth-order valence-electron chi connectivity index (χ4n) is 2.43. The number of rotatable bonds is 7. The molecule has 1 aromatic carbocycles. The Hall–Kier alpha value is -1.95. The van der Waals surface area contributed by atoms with Crippen molar-refractivity contribution in [2.24, 2.45) is 4.99 Å². The standard InChI is InChI=1S/C15H21BN2O7S/c1-3-24-15(20)11-6-4-5-10-9-12(16(21)25-14(10)11)18-13(19)7-8-17-26(2,22)23/h4-6,13,17,19,21H,3,7-9H2,1-2H3. The van der Waals surface area contributed by atoms with Gasteiger partial charge in [0.2, 0.25) is 10.0 Å². The molecule has 1 atom stereocenters. The Morgan fingerprint density at radius 3 is 2.88 bits per heavy atom. The number of benzene rings is 1. The first-order valence-electron chi connectivity index (χ1n) is 8.04. The number of hydrogen-bond donors (Lipinski definition) is 3. The molecule has 0 saturated carbocycles. The van der Waals surface area contributed by atoms with Crippen LogP contribution in [0.3, 0.4) is 0 Å². The molecule has 1 aromatic rings. The van der Waals surface area contributed by atoms with Crippen LogP contribution < -0.4 is 9.38 Å². The fraction of sp³-hybridized carbons (Fsp3) is 0.467. The van der Waals surface area contributed by atoms with Gasteiger partial charge in [-0.1, -0.05) is 12.1 Å². The van der Waals surface area contributed by atoms with Crippen molar-refractivity contribution >= 4 is 28.7 Å². The van der Waals surface area contributed by atoms with Crippen LogP contribution in [0.5, 0.6) is 5.75 Å². The van der Waals surface area contributed by atoms with Gasteiger partial charge in [-0.25, -0.2) is 17.9 Å². The smallest absolute Gasteiger partial charge is 0.531 e. The molecule has 0 fully saturated rings. The molecule has 2 rings (SSSR count). The van der Waals surface area contributed by atoms with E-state index in [9.17, 15) is 23.3 Å². The van der Waals surface area contributed by atoms with Crippen LogP contribution in [0.15, 0.2) is 23.2 Å². The van der Waals surface area contributed by atoms with Gasteiger partial charge in [-0.15, -0.1) is 0 Å². The summed E-state index contributed by atoms with van der Waals surface area (Å²) in [6, 6.07) is 4.92. The predicted octanol–water partition coefficient (Wildman–Crippen LogP) is -0.483. The number of aliphatic imine (C=N–C) groups is 1. The third-order valence-electron chi connectivity index (χ3n) is 3.56. The van der Waals surface area contributed by atoms with Crippen LogP contribution in [0.1, 0.15) is 29.3 Å². The van der Waals surface area contributed by atoms with Gasteiger partial charge in [-0.3, -0.25) is 4.99 Å². The monoisotopic (exact) mass is 384 g/mol. The lowest BCUT2D eigenvalue weighted by molar-refractivity contribution is 0.0523. The minimum atomic E-state index is -3.35. The molecule has 142 valence electrons. The van der Waals surface area contributed by atoms with Crippen LogP contribution in [0.2, 0.25) is 0 Å². The molecular weight excluding hydrogens is 363 g/mol. The van der Waals surface area contributed by atoms with Gasteiger partial charge in [0.1, 0.15) is 17.5 Å². The quantitative estimate of drug-likeness (QED) is 0.427. The van der Waals surface area contributed by atoms with E-state index in [-0.39, 0.29) is 42.9 Å². The zero-order chi connectivity index (χ0) is 19.3. The van der Waals surface area contributed by atoms with Crippen molar-refractivity contribution in [3.05, 3.63) is 29.3 Å². The molecule has 0 aromatic heterocycles. The molecule has 0 aliphatic carbocycles. The summed E-state index contributed by atoms with van der Waals surface area (Å²) in [6.45, 7) is 1.91. The molecule has 0 amide bonds. The molecule has 1 unspecified atom stereocenters. The average Bonchev–Trinajstić information content (AvgIpc) is 2.54. The van der Waals surface area contributed by atoms with Crippen molar-refractivity contribution < 1.29 is 32.7 Å². The zero-order valence-corrected chi connectivity index (χ0v) is 15.3. The van der Waals surface area contributed by atoms with Gasteiger partial charge in [0, 0.05) is 19.4 Å². The third kappa shape index (κ3) is 5.53. The molecule has 1 aliphatic rings. The van der Waals surface area contributed by atoms with E-state index in [4.69, 9.17) is 9.39 Å². The topological polar surface area (TPSA) is 135 Å². The number of nitrogens with zero attached hydrogens (tertiary/aromatic N) is 1. The Bertz CT molecular complexity index is 797. The molecule has 1 heterocycles. The number of hydrogen-bond acceptors (Lipinski definition) is 8. The number of aliphatic hydroxyl groups excluding tert-OH is 1. The summed E-state index contributed by atoms with van der Waals surface area (Å²) in [5.41, 5.74) is 1.02. The maximum atomic E-state index is 12.0. The summed E-state index contributed by atoms with van der Waals surface area (Å²) in [5.74, 6) is -0.325. The van der Waals surface area contributed by atoms with Crippen molar-refractivity contribution in [2.75, 3.05) is 19.4 Å². The maximum absolute atomic E-state index is 12.0. The van der Waals surface area contributed by atoms with E-state index in [1.807, 2.05) is 0 Å². The van der Waals surface area contributed by atoms with E-state index in [0.29, 0.717) is 5.56 Å². The fourth-order valence-corrected chi connectivity index (χ4v) is 2.92. The van der Waals surface area contributed by atoms with Crippen LogP contribution in [0.25, 0.3) is 0 Å². The first-order chi connectivity index (χ1) is 12.2. The van der Waals surface area contributed by atoms with E-state index in [1.54, 1.807) is 19.1 Å². The largest absolute Gasteiger partial charge is 0.575 e. The lowest BCUT2D eigenvalue weighted by atomic mass is 9.75. The van der Waals surface area contributed by atoms with Gasteiger partial charge in [-0.05, 0) is 18.6 Å². The Morgan fingerprint density at radius 1 is 1.50 bits per heavy atom. The van der Waals surface area contributed by atoms with E-state index >= 15 is 0 Å². The van der Waals surface area contributed by atoms with Crippen molar-refractivity contribution in [3.8, 4) is 5.75 Å². The summed E-state index contributed by atoms with van der Waals surface area (Å²) in [6.07, 6.45) is 0.0359. The molecule has 3 N–H and O–H groups in total. The summed E-state index contributed by atoms with van der Waals surface area (Å²) in [4.78, 5) is 16.0. The average molecular weight is 384 g/mol. The van der Waals surface area contributed by atoms with Gasteiger partial charge < -0.3 is 19.5 Å². The van der Waals surface area contributed by atoms with Crippen LogP contribution in [-0.4, -0.2) is 62.9 Å². The van der Waals surface area contributed by atoms with Crippen LogP contribution in [-0.2, 0) is 21.2 Å². The molecule has 11 heteroatoms. The summed E-state index contributed by atoms with van der Waals surface area (Å²) < 4.78 is 34.6. The Morgan fingerprint density at radius 2 is 2.23 bits per heavy atom. The van der Waals surface area contributed by atoms with Gasteiger partial charge in [0.25, 0.3) is 0 Å². The highest BCUT2D eigenvalue weighted by Gasteiger charge is 2.34. The second-order valence-electron chi connectivity index (χ2n) is 5.72. The lowest BCUT2D eigenvalue weighted by Gasteiger charge is -2.24. The van der Waals surface area contributed by atoms with E-state index in [2.05, 4.69) is 9.71 Å². The van der Waals surface area contributed by atoms with E-state index in [1.165, 1.54) is 6.07 Å². The maximum Gasteiger partial charge on any atom is 0.575 e. The number of carbonyl (C=O) groups excluding carboxylic acids is 1.